The van der Waals surface area contributed by atoms with Crippen molar-refractivity contribution in [1.82, 2.24) is 10.1 Å². The lowest BCUT2D eigenvalue weighted by atomic mass is 9.83. The third-order valence-corrected chi connectivity index (χ3v) is 9.58. The smallest absolute Gasteiger partial charge is 0.248 e. The molecule has 35 heavy (non-hydrogen) atoms. The standard InChI is InChI=1S/C26H29BrF2N2O3S/c27-17-3-4-20-21(13-17)35-24(30-20)25(32)9-7-18(8-10-25)33-14-19-22(31-34-23(19)16-1-2-16)15-5-11-26(28,29)12-6-15/h3-4,13,15-16,18,32H,1-2,5-12,14H2. The SMILES string of the molecule is OC1(c2nc3ccc(Br)cc3s2)CCC(OCc2c(C3CCC(F)(F)CC3)noc2C2CC2)CC1. The first kappa shape index (κ1) is 23.9. The number of nitrogens with zero attached hydrogens (tertiary/aromatic N) is 2. The van der Waals surface area contributed by atoms with Crippen molar-refractivity contribution in [3.8, 4) is 0 Å². The third kappa shape index (κ3) is 4.93. The molecule has 3 aliphatic rings. The lowest BCUT2D eigenvalue weighted by Gasteiger charge is -2.34. The Morgan fingerprint density at radius 2 is 1.80 bits per heavy atom. The van der Waals surface area contributed by atoms with E-state index in [4.69, 9.17) is 14.2 Å². The Morgan fingerprint density at radius 3 is 2.51 bits per heavy atom. The van der Waals surface area contributed by atoms with Crippen LogP contribution in [-0.2, 0) is 16.9 Å². The van der Waals surface area contributed by atoms with Gasteiger partial charge in [0.2, 0.25) is 5.92 Å². The molecule has 0 spiro atoms. The van der Waals surface area contributed by atoms with E-state index in [0.717, 1.165) is 62.4 Å². The molecule has 0 bridgehead atoms. The predicted molar refractivity (Wildman–Crippen MR) is 133 cm³/mol. The van der Waals surface area contributed by atoms with Crippen molar-refractivity contribution in [2.75, 3.05) is 0 Å². The van der Waals surface area contributed by atoms with Gasteiger partial charge < -0.3 is 14.4 Å². The normalized spacial score (nSPS) is 27.5. The molecule has 3 aliphatic carbocycles. The molecular weight excluding hydrogens is 538 g/mol. The molecule has 1 N–H and O–H groups in total. The van der Waals surface area contributed by atoms with Crippen LogP contribution in [0.4, 0.5) is 8.78 Å². The highest BCUT2D eigenvalue weighted by Crippen LogP contribution is 2.47. The van der Waals surface area contributed by atoms with Gasteiger partial charge in [-0.15, -0.1) is 11.3 Å². The van der Waals surface area contributed by atoms with Gasteiger partial charge in [0, 0.05) is 34.7 Å². The number of thiazole rings is 1. The Balaban J connectivity index is 1.11. The van der Waals surface area contributed by atoms with Crippen LogP contribution in [0.2, 0.25) is 0 Å². The second-order valence-corrected chi connectivity index (χ2v) is 12.4. The fourth-order valence-electron chi connectivity index (χ4n) is 5.53. The zero-order valence-corrected chi connectivity index (χ0v) is 21.8. The minimum Gasteiger partial charge on any atom is -0.383 e. The molecule has 0 saturated heterocycles. The average Bonchev–Trinajstić information content (AvgIpc) is 3.44. The van der Waals surface area contributed by atoms with E-state index >= 15 is 0 Å². The van der Waals surface area contributed by atoms with Crippen LogP contribution in [0.25, 0.3) is 10.2 Å². The van der Waals surface area contributed by atoms with E-state index < -0.39 is 11.5 Å². The van der Waals surface area contributed by atoms with E-state index in [9.17, 15) is 13.9 Å². The summed E-state index contributed by atoms with van der Waals surface area (Å²) in [5.41, 5.74) is 1.80. The largest absolute Gasteiger partial charge is 0.383 e. The molecule has 0 radical (unpaired) electrons. The fourth-order valence-corrected chi connectivity index (χ4v) is 7.19. The van der Waals surface area contributed by atoms with Gasteiger partial charge in [-0.1, -0.05) is 21.1 Å². The van der Waals surface area contributed by atoms with Crippen molar-refractivity contribution in [1.29, 1.82) is 0 Å². The van der Waals surface area contributed by atoms with Gasteiger partial charge in [-0.2, -0.15) is 0 Å². The van der Waals surface area contributed by atoms with Gasteiger partial charge in [0.25, 0.3) is 0 Å². The molecular formula is C26H29BrF2N2O3S. The van der Waals surface area contributed by atoms with Gasteiger partial charge in [-0.05, 0) is 69.6 Å². The van der Waals surface area contributed by atoms with Gasteiger partial charge in [-0.25, -0.2) is 13.8 Å². The van der Waals surface area contributed by atoms with Crippen molar-refractivity contribution < 1.29 is 23.1 Å². The molecule has 6 rings (SSSR count). The van der Waals surface area contributed by atoms with Crippen LogP contribution in [0.1, 0.15) is 98.1 Å². The number of hydrogen-bond acceptors (Lipinski definition) is 6. The fraction of sp³-hybridized carbons (Fsp3) is 0.615. The summed E-state index contributed by atoms with van der Waals surface area (Å²) in [6.07, 6.45) is 5.57. The Bertz CT molecular complexity index is 1210. The number of aliphatic hydroxyl groups is 1. The van der Waals surface area contributed by atoms with E-state index in [1.807, 2.05) is 18.2 Å². The highest BCUT2D eigenvalue weighted by Gasteiger charge is 2.41. The van der Waals surface area contributed by atoms with Crippen LogP contribution >= 0.6 is 27.3 Å². The summed E-state index contributed by atoms with van der Waals surface area (Å²) >= 11 is 5.05. The van der Waals surface area contributed by atoms with Gasteiger partial charge in [0.1, 0.15) is 16.4 Å². The van der Waals surface area contributed by atoms with E-state index in [0.29, 0.717) is 38.2 Å². The lowest BCUT2D eigenvalue weighted by molar-refractivity contribution is -0.0644. The summed E-state index contributed by atoms with van der Waals surface area (Å²) in [5.74, 6) is -1.27. The van der Waals surface area contributed by atoms with E-state index in [1.54, 1.807) is 11.3 Å². The van der Waals surface area contributed by atoms with Crippen LogP contribution in [-0.4, -0.2) is 27.3 Å². The molecule has 3 fully saturated rings. The zero-order valence-electron chi connectivity index (χ0n) is 19.4. The quantitative estimate of drug-likeness (QED) is 0.333. The number of ether oxygens (including phenoxy) is 1. The van der Waals surface area contributed by atoms with Crippen LogP contribution in [0.3, 0.4) is 0 Å². The first-order valence-corrected chi connectivity index (χ1v) is 14.2. The summed E-state index contributed by atoms with van der Waals surface area (Å²) < 4.78 is 41.5. The second-order valence-electron chi connectivity index (χ2n) is 10.5. The number of rotatable bonds is 6. The van der Waals surface area contributed by atoms with Crippen LogP contribution < -0.4 is 0 Å². The molecule has 1 aromatic carbocycles. The average molecular weight is 567 g/mol. The maximum absolute atomic E-state index is 13.7. The minimum atomic E-state index is -2.56. The van der Waals surface area contributed by atoms with Gasteiger partial charge in [0.15, 0.2) is 0 Å². The summed E-state index contributed by atoms with van der Waals surface area (Å²) in [6.45, 7) is 0.399. The zero-order chi connectivity index (χ0) is 24.2. The highest BCUT2D eigenvalue weighted by atomic mass is 79.9. The monoisotopic (exact) mass is 566 g/mol. The molecule has 0 unspecified atom stereocenters. The van der Waals surface area contributed by atoms with E-state index in [1.165, 1.54) is 0 Å². The maximum Gasteiger partial charge on any atom is 0.248 e. The molecule has 188 valence electrons. The summed E-state index contributed by atoms with van der Waals surface area (Å²) in [5, 5.41) is 16.5. The Hall–Kier alpha value is -1.42. The second kappa shape index (κ2) is 9.15. The summed E-state index contributed by atoms with van der Waals surface area (Å²) in [6, 6.07) is 5.98. The van der Waals surface area contributed by atoms with Gasteiger partial charge in [0.05, 0.1) is 28.6 Å². The number of halogens is 3. The molecule has 2 heterocycles. The van der Waals surface area contributed by atoms with Crippen LogP contribution in [0, 0.1) is 0 Å². The molecule has 0 atom stereocenters. The van der Waals surface area contributed by atoms with Crippen molar-refractivity contribution in [3.63, 3.8) is 0 Å². The molecule has 0 aliphatic heterocycles. The highest BCUT2D eigenvalue weighted by molar-refractivity contribution is 9.10. The molecule has 0 amide bonds. The van der Waals surface area contributed by atoms with Crippen molar-refractivity contribution in [2.45, 2.75) is 100 Å². The van der Waals surface area contributed by atoms with Crippen molar-refractivity contribution in [3.05, 3.63) is 44.7 Å². The van der Waals surface area contributed by atoms with Gasteiger partial charge in [-0.3, -0.25) is 0 Å². The van der Waals surface area contributed by atoms with Crippen molar-refractivity contribution in [2.24, 2.45) is 0 Å². The first-order valence-electron chi connectivity index (χ1n) is 12.6. The lowest BCUT2D eigenvalue weighted by Crippen LogP contribution is -2.34. The number of benzene rings is 1. The Labute approximate surface area is 215 Å². The maximum atomic E-state index is 13.7. The van der Waals surface area contributed by atoms with Crippen molar-refractivity contribution >= 4 is 37.5 Å². The van der Waals surface area contributed by atoms with Crippen LogP contribution in [0.15, 0.2) is 27.2 Å². The topological polar surface area (TPSA) is 68.4 Å². The third-order valence-electron chi connectivity index (χ3n) is 7.87. The summed E-state index contributed by atoms with van der Waals surface area (Å²) in [7, 11) is 0. The number of hydrogen-bond donors (Lipinski definition) is 1. The van der Waals surface area contributed by atoms with E-state index in [-0.39, 0.29) is 24.9 Å². The molecule has 5 nitrogen and oxygen atoms in total. The molecule has 3 saturated carbocycles. The van der Waals surface area contributed by atoms with E-state index in [2.05, 4.69) is 21.1 Å². The van der Waals surface area contributed by atoms with Gasteiger partial charge >= 0.3 is 0 Å². The molecule has 9 heteroatoms. The minimum absolute atomic E-state index is 0.0139. The predicted octanol–water partition coefficient (Wildman–Crippen LogP) is 7.56. The molecule has 2 aromatic heterocycles. The Kier molecular flexibility index (Phi) is 6.26. The van der Waals surface area contributed by atoms with Crippen LogP contribution in [0.5, 0.6) is 0 Å². The number of alkyl halides is 2. The number of fused-ring (bicyclic) bond motifs is 1. The Morgan fingerprint density at radius 1 is 1.06 bits per heavy atom. The summed E-state index contributed by atoms with van der Waals surface area (Å²) in [4.78, 5) is 4.71. The number of aromatic nitrogens is 2. The molecule has 3 aromatic rings. The first-order chi connectivity index (χ1) is 16.8.